The molecule has 0 saturated carbocycles. The van der Waals surface area contributed by atoms with E-state index in [2.05, 4.69) is 12.6 Å². The van der Waals surface area contributed by atoms with Crippen LogP contribution >= 0.6 is 12.6 Å². The third kappa shape index (κ3) is 3.42. The van der Waals surface area contributed by atoms with Crippen molar-refractivity contribution in [3.8, 4) is 0 Å². The summed E-state index contributed by atoms with van der Waals surface area (Å²) in [4.78, 5) is -2.63. The van der Waals surface area contributed by atoms with Gasteiger partial charge in [-0.1, -0.05) is 0 Å². The van der Waals surface area contributed by atoms with Gasteiger partial charge in [0.25, 0.3) is 0 Å². The van der Waals surface area contributed by atoms with Crippen LogP contribution in [0.1, 0.15) is 0 Å². The zero-order chi connectivity index (χ0) is 14.3. The molecule has 0 rings (SSSR count). The van der Waals surface area contributed by atoms with E-state index < -0.39 is 35.2 Å². The number of hydrogen-bond acceptors (Lipinski definition) is 1. The molecule has 0 saturated heterocycles. The van der Waals surface area contributed by atoms with Crippen molar-refractivity contribution in [1.29, 1.82) is 0 Å². The smallest absolute Gasteiger partial charge is 0.219 e. The number of halogens is 10. The van der Waals surface area contributed by atoms with Crippen molar-refractivity contribution in [3.05, 3.63) is 11.0 Å². The number of alkyl halides is 10. The predicted octanol–water partition coefficient (Wildman–Crippen LogP) is 4.20. The lowest BCUT2D eigenvalue weighted by atomic mass is 10.0. The second-order valence-corrected chi connectivity index (χ2v) is 3.22. The van der Waals surface area contributed by atoms with Crippen LogP contribution < -0.4 is 0 Å². The van der Waals surface area contributed by atoms with Gasteiger partial charge in [-0.25, -0.2) is 4.39 Å². The summed E-state index contributed by atoms with van der Waals surface area (Å²) in [5, 5.41) is 0. The first-order chi connectivity index (χ1) is 7.13. The summed E-state index contributed by atoms with van der Waals surface area (Å²) in [6.07, 6.45) is -20.4. The normalized spacial score (nSPS) is 16.3. The van der Waals surface area contributed by atoms with Crippen molar-refractivity contribution in [2.45, 2.75) is 24.2 Å². The molecule has 0 aliphatic carbocycles. The van der Waals surface area contributed by atoms with Gasteiger partial charge in [-0.05, 0) is 6.08 Å². The van der Waals surface area contributed by atoms with E-state index in [0.29, 0.717) is 0 Å². The van der Waals surface area contributed by atoms with Gasteiger partial charge in [0.2, 0.25) is 0 Å². The summed E-state index contributed by atoms with van der Waals surface area (Å²) in [6.45, 7) is 0. The molecule has 0 radical (unpaired) electrons. The molecule has 0 bridgehead atoms. The molecular formula is C6H2F10S. The number of rotatable bonds is 1. The molecule has 0 fully saturated rings. The van der Waals surface area contributed by atoms with E-state index in [1.807, 2.05) is 0 Å². The molecule has 0 heterocycles. The third-order valence-corrected chi connectivity index (χ3v) is 1.83. The predicted molar refractivity (Wildman–Crippen MR) is 39.1 cm³/mol. The lowest BCUT2D eigenvalue weighted by Crippen LogP contribution is -2.52. The summed E-state index contributed by atoms with van der Waals surface area (Å²) in [5.41, 5.74) is -6.10. The molecular weight excluding hydrogens is 294 g/mol. The van der Waals surface area contributed by atoms with Gasteiger partial charge in [-0.2, -0.15) is 39.5 Å². The quantitative estimate of drug-likeness (QED) is 0.544. The van der Waals surface area contributed by atoms with Gasteiger partial charge in [0.1, 0.15) is 0 Å². The largest absolute Gasteiger partial charge is 0.435 e. The molecule has 0 atom stereocenters. The van der Waals surface area contributed by atoms with E-state index >= 15 is 0 Å². The van der Waals surface area contributed by atoms with Crippen molar-refractivity contribution < 1.29 is 43.9 Å². The maximum atomic E-state index is 12.7. The Bertz CT molecular complexity index is 290. The first-order valence-electron chi connectivity index (χ1n) is 3.44. The molecule has 0 N–H and O–H groups in total. The lowest BCUT2D eigenvalue weighted by Gasteiger charge is -2.27. The van der Waals surface area contributed by atoms with Gasteiger partial charge in [0.15, 0.2) is 0 Å². The Morgan fingerprint density at radius 3 is 1.18 bits per heavy atom. The van der Waals surface area contributed by atoms with Crippen molar-refractivity contribution >= 4 is 12.6 Å². The van der Waals surface area contributed by atoms with Crippen LogP contribution in [-0.4, -0.2) is 24.2 Å². The van der Waals surface area contributed by atoms with Crippen molar-refractivity contribution in [3.63, 3.8) is 0 Å². The highest BCUT2D eigenvalue weighted by Gasteiger charge is 2.71. The Labute approximate surface area is 92.7 Å². The molecule has 0 aliphatic rings. The van der Waals surface area contributed by atoms with Gasteiger partial charge in [-0.15, -0.1) is 12.6 Å². The fraction of sp³-hybridized carbons (Fsp3) is 0.667. The third-order valence-electron chi connectivity index (χ3n) is 1.45. The summed E-state index contributed by atoms with van der Waals surface area (Å²) >= 11 is 2.36. The van der Waals surface area contributed by atoms with E-state index in [4.69, 9.17) is 0 Å². The topological polar surface area (TPSA) is 0 Å². The van der Waals surface area contributed by atoms with Crippen LogP contribution in [0.5, 0.6) is 0 Å². The monoisotopic (exact) mass is 296 g/mol. The Kier molecular flexibility index (Phi) is 4.10. The van der Waals surface area contributed by atoms with Gasteiger partial charge >= 0.3 is 24.2 Å². The minimum absolute atomic E-state index is 1.66. The highest BCUT2D eigenvalue weighted by atomic mass is 32.1. The maximum absolute atomic E-state index is 12.7. The van der Waals surface area contributed by atoms with Crippen LogP contribution in [0, 0.1) is 0 Å². The van der Waals surface area contributed by atoms with Crippen molar-refractivity contribution in [2.24, 2.45) is 0 Å². The number of hydrogen-bond donors (Lipinski definition) is 1. The first kappa shape index (κ1) is 16.4. The molecule has 0 nitrogen and oxygen atoms in total. The lowest BCUT2D eigenvalue weighted by molar-refractivity contribution is -0.322. The van der Waals surface area contributed by atoms with E-state index in [0.717, 1.165) is 0 Å². The van der Waals surface area contributed by atoms with Crippen molar-refractivity contribution in [2.75, 3.05) is 0 Å². The second-order valence-electron chi connectivity index (χ2n) is 2.73. The number of thiol groups is 1. The summed E-state index contributed by atoms with van der Waals surface area (Å²) < 4.78 is 119. The minimum Gasteiger partial charge on any atom is -0.219 e. The molecule has 102 valence electrons. The standard InChI is InChI=1S/C6H2F10S/c7-3(5(11,12)13,6(14,15)16)1-2(17)4(8,9)10/h1,17H/b2-1+. The summed E-state index contributed by atoms with van der Waals surface area (Å²) in [7, 11) is 0. The van der Waals surface area contributed by atoms with E-state index in [9.17, 15) is 43.9 Å². The zero-order valence-electron chi connectivity index (χ0n) is 7.30. The molecule has 0 unspecified atom stereocenters. The van der Waals surface area contributed by atoms with Crippen LogP contribution in [-0.2, 0) is 0 Å². The van der Waals surface area contributed by atoms with Gasteiger partial charge in [0, 0.05) is 0 Å². The average Bonchev–Trinajstić information content (AvgIpc) is 1.97. The fourth-order valence-corrected chi connectivity index (χ4v) is 0.772. The van der Waals surface area contributed by atoms with Crippen LogP contribution in [0.25, 0.3) is 0 Å². The first-order valence-corrected chi connectivity index (χ1v) is 3.89. The van der Waals surface area contributed by atoms with Gasteiger partial charge in [-0.3, -0.25) is 0 Å². The highest BCUT2D eigenvalue weighted by molar-refractivity contribution is 7.84. The molecule has 0 aliphatic heterocycles. The van der Waals surface area contributed by atoms with Crippen molar-refractivity contribution in [1.82, 2.24) is 0 Å². The molecule has 0 amide bonds. The van der Waals surface area contributed by atoms with Crippen LogP contribution in [0.3, 0.4) is 0 Å². The molecule has 0 spiro atoms. The fourth-order valence-electron chi connectivity index (χ4n) is 0.595. The van der Waals surface area contributed by atoms with Gasteiger partial charge in [0.05, 0.1) is 4.91 Å². The highest BCUT2D eigenvalue weighted by Crippen LogP contribution is 2.49. The maximum Gasteiger partial charge on any atom is 0.435 e. The second kappa shape index (κ2) is 4.25. The number of allylic oxidation sites excluding steroid dienone is 2. The molecule has 0 aromatic rings. The zero-order valence-corrected chi connectivity index (χ0v) is 8.20. The average molecular weight is 296 g/mol. The van der Waals surface area contributed by atoms with E-state index in [-0.39, 0.29) is 0 Å². The van der Waals surface area contributed by atoms with Gasteiger partial charge < -0.3 is 0 Å². The Morgan fingerprint density at radius 1 is 0.706 bits per heavy atom. The Morgan fingerprint density at radius 2 is 1.00 bits per heavy atom. The molecule has 0 aromatic heterocycles. The molecule has 0 aromatic carbocycles. The van der Waals surface area contributed by atoms with Crippen LogP contribution in [0.15, 0.2) is 11.0 Å². The van der Waals surface area contributed by atoms with E-state index in [1.54, 1.807) is 0 Å². The van der Waals surface area contributed by atoms with Crippen LogP contribution in [0.4, 0.5) is 43.9 Å². The summed E-state index contributed by atoms with van der Waals surface area (Å²) in [5.74, 6) is 0. The SMILES string of the molecule is FC(F)(F)/C(S)=C\C(F)(C(F)(F)F)C(F)(F)F. The van der Waals surface area contributed by atoms with E-state index in [1.165, 1.54) is 0 Å². The van der Waals surface area contributed by atoms with Crippen LogP contribution in [0.2, 0.25) is 0 Å². The Hall–Kier alpha value is -0.610. The molecule has 17 heavy (non-hydrogen) atoms. The molecule has 11 heteroatoms. The summed E-state index contributed by atoms with van der Waals surface area (Å²) in [6, 6.07) is 0. The Balaban J connectivity index is 5.73. The minimum atomic E-state index is -6.58.